The molecule has 0 bridgehead atoms. The minimum Gasteiger partial charge on any atom is -0.0839 e. The van der Waals surface area contributed by atoms with Gasteiger partial charge in [-0.05, 0) is 35.8 Å². The lowest BCUT2D eigenvalue weighted by molar-refractivity contribution is 0.338. The number of alkyl halides is 1. The Morgan fingerprint density at radius 3 is 2.21 bits per heavy atom. The Balaban J connectivity index is 1.93. The van der Waals surface area contributed by atoms with E-state index in [2.05, 4.69) is 54.0 Å². The van der Waals surface area contributed by atoms with Crippen LogP contribution in [-0.2, 0) is 0 Å². The largest absolute Gasteiger partial charge is 0.0839 e. The first-order chi connectivity index (χ1) is 9.20. The molecule has 0 aliphatic heterocycles. The second-order valence-corrected chi connectivity index (χ2v) is 7.29. The molecule has 0 nitrogen and oxygen atoms in total. The molecular formula is C18H27Br. The van der Waals surface area contributed by atoms with Crippen LogP contribution < -0.4 is 0 Å². The lowest BCUT2D eigenvalue weighted by atomic mass is 9.85. The van der Waals surface area contributed by atoms with Gasteiger partial charge in [0, 0.05) is 4.83 Å². The predicted molar refractivity (Wildman–Crippen MR) is 88.0 cm³/mol. The molecule has 19 heavy (non-hydrogen) atoms. The third kappa shape index (κ3) is 4.34. The van der Waals surface area contributed by atoms with Crippen LogP contribution >= 0.6 is 15.9 Å². The molecule has 0 amide bonds. The van der Waals surface area contributed by atoms with Gasteiger partial charge in [0.15, 0.2) is 0 Å². The van der Waals surface area contributed by atoms with Crippen LogP contribution in [0.3, 0.4) is 0 Å². The standard InChI is InChI=1S/C18H27Br/c1-3-14(2)16-9-11-17(12-10-16)18(19)13-15-7-5-4-6-8-15/h9-12,14-15,18H,3-8,13H2,1-2H3. The number of benzene rings is 1. The number of rotatable bonds is 5. The first-order valence-corrected chi connectivity index (χ1v) is 8.86. The first-order valence-electron chi connectivity index (χ1n) is 7.94. The van der Waals surface area contributed by atoms with Gasteiger partial charge in [-0.1, -0.05) is 86.1 Å². The molecule has 1 heteroatoms. The van der Waals surface area contributed by atoms with Gasteiger partial charge in [0.2, 0.25) is 0 Å². The summed E-state index contributed by atoms with van der Waals surface area (Å²) in [6.45, 7) is 4.57. The van der Waals surface area contributed by atoms with Crippen molar-refractivity contribution in [3.05, 3.63) is 35.4 Å². The van der Waals surface area contributed by atoms with Crippen molar-refractivity contribution >= 4 is 15.9 Å². The van der Waals surface area contributed by atoms with Gasteiger partial charge >= 0.3 is 0 Å². The fourth-order valence-corrected chi connectivity index (χ4v) is 3.95. The molecule has 0 radical (unpaired) electrons. The van der Waals surface area contributed by atoms with E-state index in [0.717, 1.165) is 5.92 Å². The van der Waals surface area contributed by atoms with Crippen molar-refractivity contribution in [3.8, 4) is 0 Å². The van der Waals surface area contributed by atoms with Gasteiger partial charge in [-0.2, -0.15) is 0 Å². The average Bonchev–Trinajstić information content (AvgIpc) is 2.47. The van der Waals surface area contributed by atoms with Crippen molar-refractivity contribution < 1.29 is 0 Å². The fourth-order valence-electron chi connectivity index (χ4n) is 3.12. The Morgan fingerprint density at radius 1 is 1.05 bits per heavy atom. The summed E-state index contributed by atoms with van der Waals surface area (Å²) in [7, 11) is 0. The Morgan fingerprint density at radius 2 is 1.63 bits per heavy atom. The molecule has 1 aromatic carbocycles. The van der Waals surface area contributed by atoms with Gasteiger partial charge in [0.05, 0.1) is 0 Å². The van der Waals surface area contributed by atoms with E-state index in [0.29, 0.717) is 10.7 Å². The van der Waals surface area contributed by atoms with Gasteiger partial charge in [-0.3, -0.25) is 0 Å². The smallest absolute Gasteiger partial charge is 0.0397 e. The molecular weight excluding hydrogens is 296 g/mol. The third-order valence-corrected chi connectivity index (χ3v) is 5.65. The topological polar surface area (TPSA) is 0 Å². The lowest BCUT2D eigenvalue weighted by Gasteiger charge is -2.24. The highest BCUT2D eigenvalue weighted by molar-refractivity contribution is 9.09. The Hall–Kier alpha value is -0.300. The molecule has 1 aliphatic rings. The molecule has 1 aliphatic carbocycles. The summed E-state index contributed by atoms with van der Waals surface area (Å²) in [6.07, 6.45) is 9.74. The van der Waals surface area contributed by atoms with Gasteiger partial charge in [-0.15, -0.1) is 0 Å². The summed E-state index contributed by atoms with van der Waals surface area (Å²) < 4.78 is 0. The van der Waals surface area contributed by atoms with Crippen LogP contribution in [0.2, 0.25) is 0 Å². The molecule has 1 aromatic rings. The minimum absolute atomic E-state index is 0.543. The minimum atomic E-state index is 0.543. The molecule has 0 N–H and O–H groups in total. The maximum atomic E-state index is 3.90. The molecule has 2 unspecified atom stereocenters. The zero-order valence-corrected chi connectivity index (χ0v) is 14.0. The molecule has 106 valence electrons. The second kappa shape index (κ2) is 7.47. The van der Waals surface area contributed by atoms with Gasteiger partial charge in [-0.25, -0.2) is 0 Å². The highest BCUT2D eigenvalue weighted by atomic mass is 79.9. The second-order valence-electron chi connectivity index (χ2n) is 6.18. The van der Waals surface area contributed by atoms with Gasteiger partial charge < -0.3 is 0 Å². The van der Waals surface area contributed by atoms with Crippen LogP contribution in [0.25, 0.3) is 0 Å². The molecule has 1 fully saturated rings. The average molecular weight is 323 g/mol. The molecule has 0 spiro atoms. The van der Waals surface area contributed by atoms with Crippen LogP contribution in [0, 0.1) is 5.92 Å². The van der Waals surface area contributed by atoms with E-state index in [1.165, 1.54) is 56.1 Å². The zero-order chi connectivity index (χ0) is 13.7. The Kier molecular flexibility index (Phi) is 5.94. The van der Waals surface area contributed by atoms with Crippen molar-refractivity contribution in [2.75, 3.05) is 0 Å². The van der Waals surface area contributed by atoms with Gasteiger partial charge in [0.25, 0.3) is 0 Å². The SMILES string of the molecule is CCC(C)c1ccc(C(Br)CC2CCCCC2)cc1. The van der Waals surface area contributed by atoms with Crippen LogP contribution in [-0.4, -0.2) is 0 Å². The predicted octanol–water partition coefficient (Wildman–Crippen LogP) is 6.61. The Bertz CT molecular complexity index is 362. The third-order valence-electron chi connectivity index (χ3n) is 4.74. The Labute approximate surface area is 127 Å². The normalized spacial score (nSPS) is 20.2. The highest BCUT2D eigenvalue weighted by Crippen LogP contribution is 2.36. The van der Waals surface area contributed by atoms with Crippen LogP contribution in [0.1, 0.15) is 80.7 Å². The zero-order valence-electron chi connectivity index (χ0n) is 12.4. The molecule has 0 heterocycles. The summed E-state index contributed by atoms with van der Waals surface area (Å²) in [5, 5.41) is 0. The number of hydrogen-bond acceptors (Lipinski definition) is 0. The van der Waals surface area contributed by atoms with Crippen LogP contribution in [0.15, 0.2) is 24.3 Å². The van der Waals surface area contributed by atoms with Crippen molar-refractivity contribution in [1.29, 1.82) is 0 Å². The van der Waals surface area contributed by atoms with Crippen molar-refractivity contribution in [3.63, 3.8) is 0 Å². The quantitative estimate of drug-likeness (QED) is 0.535. The highest BCUT2D eigenvalue weighted by Gasteiger charge is 2.18. The van der Waals surface area contributed by atoms with E-state index >= 15 is 0 Å². The summed E-state index contributed by atoms with van der Waals surface area (Å²) in [5.74, 6) is 1.62. The van der Waals surface area contributed by atoms with Crippen LogP contribution in [0.5, 0.6) is 0 Å². The molecule has 2 atom stereocenters. The first kappa shape index (κ1) is 15.1. The molecule has 2 rings (SSSR count). The van der Waals surface area contributed by atoms with Crippen molar-refractivity contribution in [1.82, 2.24) is 0 Å². The monoisotopic (exact) mass is 322 g/mol. The summed E-state index contributed by atoms with van der Waals surface area (Å²) in [6, 6.07) is 9.28. The van der Waals surface area contributed by atoms with Crippen molar-refractivity contribution in [2.24, 2.45) is 5.92 Å². The summed E-state index contributed by atoms with van der Waals surface area (Å²) in [5.41, 5.74) is 2.93. The van der Waals surface area contributed by atoms with E-state index in [1.807, 2.05) is 0 Å². The van der Waals surface area contributed by atoms with E-state index in [-0.39, 0.29) is 0 Å². The maximum absolute atomic E-state index is 3.90. The number of halogens is 1. The maximum Gasteiger partial charge on any atom is 0.0397 e. The van der Waals surface area contributed by atoms with E-state index < -0.39 is 0 Å². The van der Waals surface area contributed by atoms with Crippen molar-refractivity contribution in [2.45, 2.75) is 69.5 Å². The number of hydrogen-bond donors (Lipinski definition) is 0. The van der Waals surface area contributed by atoms with Gasteiger partial charge in [0.1, 0.15) is 0 Å². The van der Waals surface area contributed by atoms with E-state index in [9.17, 15) is 0 Å². The lowest BCUT2D eigenvalue weighted by Crippen LogP contribution is -2.08. The summed E-state index contributed by atoms with van der Waals surface area (Å²) >= 11 is 3.90. The fraction of sp³-hybridized carbons (Fsp3) is 0.667. The van der Waals surface area contributed by atoms with E-state index in [1.54, 1.807) is 0 Å². The van der Waals surface area contributed by atoms with Crippen LogP contribution in [0.4, 0.5) is 0 Å². The molecule has 0 saturated heterocycles. The molecule has 1 saturated carbocycles. The summed E-state index contributed by atoms with van der Waals surface area (Å²) in [4.78, 5) is 0.543. The van der Waals surface area contributed by atoms with E-state index in [4.69, 9.17) is 0 Å². The molecule has 0 aromatic heterocycles.